The van der Waals surface area contributed by atoms with E-state index in [4.69, 9.17) is 14.2 Å². The third kappa shape index (κ3) is 4.55. The molecule has 1 saturated carbocycles. The highest BCUT2D eigenvalue weighted by atomic mass is 16.5. The Morgan fingerprint density at radius 3 is 2.46 bits per heavy atom. The average molecular weight is 363 g/mol. The topological polar surface area (TPSA) is 73.9 Å². The maximum atomic E-state index is 12.8. The Hall–Kier alpha value is -2.08. The van der Waals surface area contributed by atoms with Gasteiger partial charge < -0.3 is 19.5 Å². The van der Waals surface area contributed by atoms with Gasteiger partial charge in [0.05, 0.1) is 13.2 Å². The van der Waals surface area contributed by atoms with Crippen molar-refractivity contribution in [3.05, 3.63) is 23.8 Å². The van der Waals surface area contributed by atoms with Crippen molar-refractivity contribution in [1.82, 2.24) is 0 Å². The van der Waals surface area contributed by atoms with E-state index >= 15 is 0 Å². The van der Waals surface area contributed by atoms with Crippen LogP contribution in [0.3, 0.4) is 0 Å². The van der Waals surface area contributed by atoms with Crippen LogP contribution in [0.4, 0.5) is 5.69 Å². The van der Waals surface area contributed by atoms with E-state index < -0.39 is 11.6 Å². The highest BCUT2D eigenvalue weighted by molar-refractivity contribution is 5.99. The summed E-state index contributed by atoms with van der Waals surface area (Å²) in [5.41, 5.74) is 0.0184. The fourth-order valence-electron chi connectivity index (χ4n) is 3.17. The van der Waals surface area contributed by atoms with E-state index in [0.29, 0.717) is 29.8 Å². The van der Waals surface area contributed by atoms with Gasteiger partial charge in [0.25, 0.3) is 5.91 Å². The summed E-state index contributed by atoms with van der Waals surface area (Å²) in [6.45, 7) is 3.94. The summed E-state index contributed by atoms with van der Waals surface area (Å²) >= 11 is 0. The van der Waals surface area contributed by atoms with Crippen LogP contribution in [0.1, 0.15) is 62.7 Å². The van der Waals surface area contributed by atoms with Crippen LogP contribution in [0.2, 0.25) is 0 Å². The first-order chi connectivity index (χ1) is 12.5. The SMILES string of the molecule is CC[C@H](C)Oc1ccc(NC(=O)C2(OC)CCCCC2)cc1C(=O)OC. The molecule has 0 saturated heterocycles. The summed E-state index contributed by atoms with van der Waals surface area (Å²) in [4.78, 5) is 24.9. The van der Waals surface area contributed by atoms with Gasteiger partial charge in [-0.25, -0.2) is 4.79 Å². The van der Waals surface area contributed by atoms with Crippen molar-refractivity contribution >= 4 is 17.6 Å². The van der Waals surface area contributed by atoms with Crippen LogP contribution >= 0.6 is 0 Å². The molecule has 6 heteroatoms. The fourth-order valence-corrected chi connectivity index (χ4v) is 3.17. The van der Waals surface area contributed by atoms with Crippen molar-refractivity contribution in [2.75, 3.05) is 19.5 Å². The zero-order valence-corrected chi connectivity index (χ0v) is 16.1. The number of nitrogens with one attached hydrogen (secondary N) is 1. The maximum absolute atomic E-state index is 12.8. The van der Waals surface area contributed by atoms with E-state index in [0.717, 1.165) is 25.7 Å². The minimum atomic E-state index is -0.796. The number of ether oxygens (including phenoxy) is 3. The van der Waals surface area contributed by atoms with Gasteiger partial charge in [-0.2, -0.15) is 0 Å². The van der Waals surface area contributed by atoms with Gasteiger partial charge in [0, 0.05) is 12.8 Å². The summed E-state index contributed by atoms with van der Waals surface area (Å²) in [6.07, 6.45) is 5.25. The van der Waals surface area contributed by atoms with Crippen molar-refractivity contribution in [3.8, 4) is 5.75 Å². The monoisotopic (exact) mass is 363 g/mol. The molecule has 0 aromatic heterocycles. The van der Waals surface area contributed by atoms with E-state index in [1.807, 2.05) is 13.8 Å². The first kappa shape index (κ1) is 20.2. The zero-order chi connectivity index (χ0) is 19.2. The smallest absolute Gasteiger partial charge is 0.341 e. The molecule has 1 aromatic carbocycles. The fraction of sp³-hybridized carbons (Fsp3) is 0.600. The van der Waals surface area contributed by atoms with Gasteiger partial charge in [0.2, 0.25) is 0 Å². The maximum Gasteiger partial charge on any atom is 0.341 e. The Labute approximate surface area is 155 Å². The Bertz CT molecular complexity index is 637. The number of hydrogen-bond donors (Lipinski definition) is 1. The lowest BCUT2D eigenvalue weighted by Gasteiger charge is -2.34. The van der Waals surface area contributed by atoms with Gasteiger partial charge in [-0.05, 0) is 44.4 Å². The van der Waals surface area contributed by atoms with Crippen LogP contribution in [-0.4, -0.2) is 37.8 Å². The van der Waals surface area contributed by atoms with E-state index in [1.165, 1.54) is 7.11 Å². The summed E-state index contributed by atoms with van der Waals surface area (Å²) in [5, 5.41) is 2.89. The van der Waals surface area contributed by atoms with Gasteiger partial charge in [-0.3, -0.25) is 4.79 Å². The van der Waals surface area contributed by atoms with Gasteiger partial charge in [-0.15, -0.1) is 0 Å². The van der Waals surface area contributed by atoms with Gasteiger partial charge >= 0.3 is 5.97 Å². The number of esters is 1. The van der Waals surface area contributed by atoms with E-state index in [9.17, 15) is 9.59 Å². The number of carbonyl (C=O) groups excluding carboxylic acids is 2. The Morgan fingerprint density at radius 1 is 1.19 bits per heavy atom. The summed E-state index contributed by atoms with van der Waals surface area (Å²) in [7, 11) is 2.90. The average Bonchev–Trinajstić information content (AvgIpc) is 2.68. The van der Waals surface area contributed by atoms with Crippen LogP contribution in [0.25, 0.3) is 0 Å². The molecule has 1 amide bonds. The number of hydrogen-bond acceptors (Lipinski definition) is 5. The lowest BCUT2D eigenvalue weighted by molar-refractivity contribution is -0.141. The van der Waals surface area contributed by atoms with Crippen molar-refractivity contribution in [3.63, 3.8) is 0 Å². The number of rotatable bonds is 7. The Morgan fingerprint density at radius 2 is 1.88 bits per heavy atom. The first-order valence-electron chi connectivity index (χ1n) is 9.21. The Balaban J connectivity index is 2.23. The second-order valence-electron chi connectivity index (χ2n) is 6.75. The molecule has 0 unspecified atom stereocenters. The van der Waals surface area contributed by atoms with Crippen LogP contribution in [0, 0.1) is 0 Å². The highest BCUT2D eigenvalue weighted by Crippen LogP contribution is 2.33. The summed E-state index contributed by atoms with van der Waals surface area (Å²) in [5.74, 6) is -0.229. The molecule has 0 spiro atoms. The highest BCUT2D eigenvalue weighted by Gasteiger charge is 2.39. The van der Waals surface area contributed by atoms with Crippen LogP contribution in [0.5, 0.6) is 5.75 Å². The molecule has 144 valence electrons. The van der Waals surface area contributed by atoms with Crippen LogP contribution < -0.4 is 10.1 Å². The third-order valence-corrected chi connectivity index (χ3v) is 5.01. The molecule has 1 fully saturated rings. The third-order valence-electron chi connectivity index (χ3n) is 5.01. The van der Waals surface area contributed by atoms with Crippen molar-refractivity contribution in [2.24, 2.45) is 0 Å². The molecular formula is C20H29NO5. The molecule has 26 heavy (non-hydrogen) atoms. The van der Waals surface area contributed by atoms with E-state index in [2.05, 4.69) is 5.32 Å². The molecule has 0 bridgehead atoms. The molecule has 1 aliphatic rings. The largest absolute Gasteiger partial charge is 0.490 e. The molecule has 0 aliphatic heterocycles. The number of benzene rings is 1. The second kappa shape index (κ2) is 9.03. The number of anilines is 1. The molecule has 1 aromatic rings. The quantitative estimate of drug-likeness (QED) is 0.743. The zero-order valence-electron chi connectivity index (χ0n) is 16.1. The predicted molar refractivity (Wildman–Crippen MR) is 99.6 cm³/mol. The van der Waals surface area contributed by atoms with Crippen molar-refractivity contribution in [2.45, 2.75) is 64.1 Å². The molecule has 0 heterocycles. The lowest BCUT2D eigenvalue weighted by atomic mass is 9.84. The number of methoxy groups -OCH3 is 2. The van der Waals surface area contributed by atoms with Gasteiger partial charge in [0.1, 0.15) is 16.9 Å². The summed E-state index contributed by atoms with van der Waals surface area (Å²) < 4.78 is 16.2. The van der Waals surface area contributed by atoms with E-state index in [1.54, 1.807) is 25.3 Å². The van der Waals surface area contributed by atoms with Gasteiger partial charge in [0.15, 0.2) is 0 Å². The predicted octanol–water partition coefficient (Wildman–Crippen LogP) is 3.94. The minimum absolute atomic E-state index is 0.0298. The minimum Gasteiger partial charge on any atom is -0.490 e. The second-order valence-corrected chi connectivity index (χ2v) is 6.75. The summed E-state index contributed by atoms with van der Waals surface area (Å²) in [6, 6.07) is 5.01. The number of carbonyl (C=O) groups is 2. The molecule has 1 N–H and O–H groups in total. The standard InChI is InChI=1S/C20H29NO5/c1-5-14(2)26-17-10-9-15(13-16(17)18(22)24-3)21-19(23)20(25-4)11-7-6-8-12-20/h9-10,13-14H,5-8,11-12H2,1-4H3,(H,21,23)/t14-/m0/s1. The lowest BCUT2D eigenvalue weighted by Crippen LogP contribution is -2.46. The number of amides is 1. The molecular weight excluding hydrogens is 334 g/mol. The van der Waals surface area contributed by atoms with E-state index in [-0.39, 0.29) is 12.0 Å². The van der Waals surface area contributed by atoms with Crippen molar-refractivity contribution < 1.29 is 23.8 Å². The molecule has 1 aliphatic carbocycles. The molecule has 1 atom stereocenters. The van der Waals surface area contributed by atoms with Crippen molar-refractivity contribution in [1.29, 1.82) is 0 Å². The first-order valence-corrected chi connectivity index (χ1v) is 9.21. The normalized spacial score (nSPS) is 17.2. The van der Waals surface area contributed by atoms with Gasteiger partial charge in [-0.1, -0.05) is 26.2 Å². The van der Waals surface area contributed by atoms with Crippen LogP contribution in [-0.2, 0) is 14.3 Å². The molecule has 6 nitrogen and oxygen atoms in total. The Kier molecular flexibility index (Phi) is 7.03. The molecule has 2 rings (SSSR count). The molecule has 0 radical (unpaired) electrons. The van der Waals surface area contributed by atoms with Crippen LogP contribution in [0.15, 0.2) is 18.2 Å².